The monoisotopic (exact) mass is 324 g/mol. The van der Waals surface area contributed by atoms with Gasteiger partial charge in [-0.1, -0.05) is 96.3 Å². The van der Waals surface area contributed by atoms with E-state index in [0.717, 1.165) is 6.61 Å². The fourth-order valence-corrected chi connectivity index (χ4v) is 2.75. The van der Waals surface area contributed by atoms with Crippen LogP contribution in [0.2, 0.25) is 0 Å². The van der Waals surface area contributed by atoms with Crippen LogP contribution in [0.1, 0.15) is 96.8 Å². The van der Waals surface area contributed by atoms with Gasteiger partial charge in [0.1, 0.15) is 6.61 Å². The molecule has 0 radical (unpaired) electrons. The molecule has 0 aliphatic carbocycles. The molecule has 0 spiro atoms. The van der Waals surface area contributed by atoms with Crippen molar-refractivity contribution in [1.82, 2.24) is 0 Å². The van der Waals surface area contributed by atoms with Gasteiger partial charge >= 0.3 is 0 Å². The molecule has 23 heavy (non-hydrogen) atoms. The van der Waals surface area contributed by atoms with E-state index in [-0.39, 0.29) is 0 Å². The van der Waals surface area contributed by atoms with Crippen molar-refractivity contribution in [2.24, 2.45) is 0 Å². The standard InChI is InChI=1S/C21H40O2/c1-3-5-6-7-8-9-10-11-12-13-14-15-16-17-19-23-21-20-22-18-4-2/h2H,3,5-21H2,1H3. The summed E-state index contributed by atoms with van der Waals surface area (Å²) in [5, 5.41) is 0. The van der Waals surface area contributed by atoms with Crippen molar-refractivity contribution in [1.29, 1.82) is 0 Å². The summed E-state index contributed by atoms with van der Waals surface area (Å²) in [6, 6.07) is 0. The Balaban J connectivity index is 2.94. The summed E-state index contributed by atoms with van der Waals surface area (Å²) in [7, 11) is 0. The highest BCUT2D eigenvalue weighted by molar-refractivity contribution is 4.82. The zero-order valence-corrected chi connectivity index (χ0v) is 15.6. The number of hydrogen-bond donors (Lipinski definition) is 0. The van der Waals surface area contributed by atoms with E-state index < -0.39 is 0 Å². The molecule has 0 bridgehead atoms. The van der Waals surface area contributed by atoms with E-state index in [4.69, 9.17) is 15.9 Å². The minimum absolute atomic E-state index is 0.391. The van der Waals surface area contributed by atoms with Gasteiger partial charge in [0.05, 0.1) is 13.2 Å². The summed E-state index contributed by atoms with van der Waals surface area (Å²) in [5.41, 5.74) is 0. The van der Waals surface area contributed by atoms with Crippen LogP contribution in [0.5, 0.6) is 0 Å². The Hall–Kier alpha value is -0.520. The summed E-state index contributed by atoms with van der Waals surface area (Å²) in [5.74, 6) is 2.45. The maximum absolute atomic E-state index is 5.49. The van der Waals surface area contributed by atoms with Gasteiger partial charge in [0.25, 0.3) is 0 Å². The molecule has 0 aromatic heterocycles. The molecule has 0 atom stereocenters. The second kappa shape index (κ2) is 21.5. The van der Waals surface area contributed by atoms with Crippen molar-refractivity contribution in [2.75, 3.05) is 26.4 Å². The smallest absolute Gasteiger partial charge is 0.107 e. The molecule has 0 aliphatic heterocycles. The van der Waals surface area contributed by atoms with Crippen LogP contribution in [-0.4, -0.2) is 26.4 Å². The normalized spacial score (nSPS) is 10.8. The van der Waals surface area contributed by atoms with Crippen LogP contribution in [0, 0.1) is 12.3 Å². The van der Waals surface area contributed by atoms with Crippen molar-refractivity contribution in [2.45, 2.75) is 96.8 Å². The van der Waals surface area contributed by atoms with E-state index in [2.05, 4.69) is 12.8 Å². The van der Waals surface area contributed by atoms with Gasteiger partial charge in [-0.05, 0) is 6.42 Å². The largest absolute Gasteiger partial charge is 0.379 e. The van der Waals surface area contributed by atoms with E-state index in [9.17, 15) is 0 Å². The molecule has 0 N–H and O–H groups in total. The Morgan fingerprint density at radius 2 is 1.00 bits per heavy atom. The van der Waals surface area contributed by atoms with E-state index in [1.165, 1.54) is 89.9 Å². The summed E-state index contributed by atoms with van der Waals surface area (Å²) in [6.07, 6.45) is 24.6. The van der Waals surface area contributed by atoms with Crippen LogP contribution in [0.15, 0.2) is 0 Å². The zero-order chi connectivity index (χ0) is 16.8. The molecule has 0 rings (SSSR count). The molecule has 2 nitrogen and oxygen atoms in total. The molecule has 0 aromatic carbocycles. The Morgan fingerprint density at radius 1 is 0.565 bits per heavy atom. The molecule has 136 valence electrons. The van der Waals surface area contributed by atoms with Crippen LogP contribution < -0.4 is 0 Å². The molecular weight excluding hydrogens is 284 g/mol. The topological polar surface area (TPSA) is 18.5 Å². The number of terminal acetylenes is 1. The highest BCUT2D eigenvalue weighted by Crippen LogP contribution is 2.12. The Kier molecular flexibility index (Phi) is 21.0. The van der Waals surface area contributed by atoms with Crippen LogP contribution in [0.25, 0.3) is 0 Å². The lowest BCUT2D eigenvalue weighted by atomic mass is 10.0. The first-order chi connectivity index (χ1) is 11.4. The van der Waals surface area contributed by atoms with Crippen molar-refractivity contribution >= 4 is 0 Å². The molecule has 0 saturated heterocycles. The van der Waals surface area contributed by atoms with Gasteiger partial charge in [-0.25, -0.2) is 0 Å². The lowest BCUT2D eigenvalue weighted by Gasteiger charge is -2.05. The first-order valence-corrected chi connectivity index (χ1v) is 10.0. The van der Waals surface area contributed by atoms with Crippen LogP contribution in [-0.2, 0) is 9.47 Å². The predicted octanol–water partition coefficient (Wildman–Crippen LogP) is 6.13. The fourth-order valence-electron chi connectivity index (χ4n) is 2.75. The van der Waals surface area contributed by atoms with Gasteiger partial charge in [-0.3, -0.25) is 0 Å². The Morgan fingerprint density at radius 3 is 1.48 bits per heavy atom. The number of unbranched alkanes of at least 4 members (excludes halogenated alkanes) is 13. The highest BCUT2D eigenvalue weighted by atomic mass is 16.5. The summed E-state index contributed by atoms with van der Waals surface area (Å²) in [6.45, 7) is 4.81. The van der Waals surface area contributed by atoms with E-state index in [1.807, 2.05) is 0 Å². The molecule has 0 aromatic rings. The minimum Gasteiger partial charge on any atom is -0.379 e. The maximum atomic E-state index is 5.49. The molecular formula is C21H40O2. The highest BCUT2D eigenvalue weighted by Gasteiger charge is 1.94. The fraction of sp³-hybridized carbons (Fsp3) is 0.905. The van der Waals surface area contributed by atoms with Crippen molar-refractivity contribution in [3.05, 3.63) is 0 Å². The average Bonchev–Trinajstić information content (AvgIpc) is 2.57. The third-order valence-electron chi connectivity index (χ3n) is 4.20. The second-order valence-electron chi connectivity index (χ2n) is 6.47. The lowest BCUT2D eigenvalue weighted by Crippen LogP contribution is -2.05. The quantitative estimate of drug-likeness (QED) is 0.210. The molecule has 0 heterocycles. The number of hydrogen-bond acceptors (Lipinski definition) is 2. The van der Waals surface area contributed by atoms with Crippen molar-refractivity contribution in [3.8, 4) is 12.3 Å². The number of rotatable bonds is 19. The van der Waals surface area contributed by atoms with E-state index >= 15 is 0 Å². The average molecular weight is 325 g/mol. The molecule has 0 fully saturated rings. The van der Waals surface area contributed by atoms with Gasteiger partial charge in [-0.2, -0.15) is 0 Å². The Labute approximate surface area is 145 Å². The summed E-state index contributed by atoms with van der Waals surface area (Å²) < 4.78 is 10.6. The molecule has 0 amide bonds. The second-order valence-corrected chi connectivity index (χ2v) is 6.47. The predicted molar refractivity (Wildman–Crippen MR) is 101 cm³/mol. The molecule has 0 unspecified atom stereocenters. The Bertz CT molecular complexity index is 245. The first kappa shape index (κ1) is 22.5. The minimum atomic E-state index is 0.391. The molecule has 2 heteroatoms. The van der Waals surface area contributed by atoms with Gasteiger partial charge < -0.3 is 9.47 Å². The van der Waals surface area contributed by atoms with E-state index in [1.54, 1.807) is 0 Å². The van der Waals surface area contributed by atoms with Crippen LogP contribution >= 0.6 is 0 Å². The zero-order valence-electron chi connectivity index (χ0n) is 15.6. The van der Waals surface area contributed by atoms with Crippen LogP contribution in [0.3, 0.4) is 0 Å². The third kappa shape index (κ3) is 21.5. The summed E-state index contributed by atoms with van der Waals surface area (Å²) in [4.78, 5) is 0. The molecule has 0 aliphatic rings. The summed E-state index contributed by atoms with van der Waals surface area (Å²) >= 11 is 0. The van der Waals surface area contributed by atoms with Gasteiger partial charge in [0.2, 0.25) is 0 Å². The maximum Gasteiger partial charge on any atom is 0.107 e. The SMILES string of the molecule is C#CCOCCOCCCCCCCCCCCCCCCC. The number of ether oxygens (including phenoxy) is 2. The van der Waals surface area contributed by atoms with Crippen molar-refractivity contribution < 1.29 is 9.47 Å². The van der Waals surface area contributed by atoms with Crippen molar-refractivity contribution in [3.63, 3.8) is 0 Å². The third-order valence-corrected chi connectivity index (χ3v) is 4.20. The van der Waals surface area contributed by atoms with E-state index in [0.29, 0.717) is 19.8 Å². The van der Waals surface area contributed by atoms with Gasteiger partial charge in [0, 0.05) is 6.61 Å². The van der Waals surface area contributed by atoms with Crippen LogP contribution in [0.4, 0.5) is 0 Å². The van der Waals surface area contributed by atoms with Gasteiger partial charge in [0.15, 0.2) is 0 Å². The molecule has 0 saturated carbocycles. The first-order valence-electron chi connectivity index (χ1n) is 10.0. The van der Waals surface area contributed by atoms with Gasteiger partial charge in [-0.15, -0.1) is 6.42 Å². The lowest BCUT2D eigenvalue weighted by molar-refractivity contribution is 0.0583.